The lowest BCUT2D eigenvalue weighted by Gasteiger charge is -2.35. The Bertz CT molecular complexity index is 446. The third-order valence-corrected chi connectivity index (χ3v) is 4.40. The van der Waals surface area contributed by atoms with Gasteiger partial charge in [-0.2, -0.15) is 0 Å². The van der Waals surface area contributed by atoms with E-state index in [0.717, 1.165) is 12.3 Å². The molecule has 0 radical (unpaired) electrons. The molecule has 0 aliphatic carbocycles. The zero-order valence-corrected chi connectivity index (χ0v) is 14.1. The van der Waals surface area contributed by atoms with Crippen molar-refractivity contribution in [3.63, 3.8) is 0 Å². The minimum absolute atomic E-state index is 0.233. The lowest BCUT2D eigenvalue weighted by molar-refractivity contribution is 0.285. The molecule has 3 nitrogen and oxygen atoms in total. The summed E-state index contributed by atoms with van der Waals surface area (Å²) in [6.07, 6.45) is 3.57. The average molecular weight is 289 g/mol. The van der Waals surface area contributed by atoms with Crippen molar-refractivity contribution in [2.45, 2.75) is 39.2 Å². The summed E-state index contributed by atoms with van der Waals surface area (Å²) in [6.45, 7) is 7.89. The molecule has 1 aromatic rings. The number of benzene rings is 1. The third-order valence-electron chi connectivity index (χ3n) is 4.40. The fourth-order valence-corrected chi connectivity index (χ4v) is 3.44. The number of anilines is 1. The van der Waals surface area contributed by atoms with Gasteiger partial charge in [0.25, 0.3) is 0 Å². The molecule has 118 valence electrons. The fraction of sp³-hybridized carbons (Fsp3) is 0.667. The Labute approximate surface area is 130 Å². The third kappa shape index (κ3) is 4.72. The van der Waals surface area contributed by atoms with Crippen LogP contribution in [-0.4, -0.2) is 44.7 Å². The normalized spacial score (nSPS) is 18.3. The van der Waals surface area contributed by atoms with Gasteiger partial charge in [-0.15, -0.1) is 0 Å². The number of piperidine rings is 1. The molecule has 0 spiro atoms. The number of hydrogen-bond acceptors (Lipinski definition) is 3. The summed E-state index contributed by atoms with van der Waals surface area (Å²) in [6, 6.07) is 7.08. The van der Waals surface area contributed by atoms with E-state index in [2.05, 4.69) is 55.9 Å². The zero-order chi connectivity index (χ0) is 15.4. The van der Waals surface area contributed by atoms with Gasteiger partial charge in [0, 0.05) is 31.4 Å². The van der Waals surface area contributed by atoms with Crippen molar-refractivity contribution >= 4 is 5.69 Å². The van der Waals surface area contributed by atoms with Gasteiger partial charge in [0.05, 0.1) is 0 Å². The molecule has 0 bridgehead atoms. The van der Waals surface area contributed by atoms with Gasteiger partial charge in [-0.3, -0.25) is 0 Å². The maximum Gasteiger partial charge on any atom is 0.0396 e. The summed E-state index contributed by atoms with van der Waals surface area (Å²) < 4.78 is 0. The standard InChI is InChI=1S/C18H31N3/c1-14-11-17(12-15(2)19)5-6-18(14)21-9-7-16(8-10-21)13-20(3)4/h5-6,11,15-16H,7-10,12-13,19H2,1-4H3. The molecule has 0 amide bonds. The molecule has 0 aromatic heterocycles. The molecule has 2 N–H and O–H groups in total. The largest absolute Gasteiger partial charge is 0.371 e. The van der Waals surface area contributed by atoms with Gasteiger partial charge in [0.1, 0.15) is 0 Å². The van der Waals surface area contributed by atoms with E-state index >= 15 is 0 Å². The van der Waals surface area contributed by atoms with Gasteiger partial charge in [0.15, 0.2) is 0 Å². The van der Waals surface area contributed by atoms with E-state index in [4.69, 9.17) is 5.73 Å². The van der Waals surface area contributed by atoms with E-state index in [9.17, 15) is 0 Å². The topological polar surface area (TPSA) is 32.5 Å². The molecule has 1 atom stereocenters. The number of hydrogen-bond donors (Lipinski definition) is 1. The quantitative estimate of drug-likeness (QED) is 0.904. The van der Waals surface area contributed by atoms with E-state index in [0.29, 0.717) is 0 Å². The predicted molar refractivity (Wildman–Crippen MR) is 92.0 cm³/mol. The molecule has 1 aliphatic rings. The zero-order valence-electron chi connectivity index (χ0n) is 14.1. The number of aryl methyl sites for hydroxylation is 1. The minimum Gasteiger partial charge on any atom is -0.371 e. The molecule has 2 rings (SSSR count). The Morgan fingerprint density at radius 1 is 1.29 bits per heavy atom. The Morgan fingerprint density at radius 3 is 2.48 bits per heavy atom. The fourth-order valence-electron chi connectivity index (χ4n) is 3.44. The van der Waals surface area contributed by atoms with Crippen molar-refractivity contribution in [1.82, 2.24) is 4.90 Å². The van der Waals surface area contributed by atoms with Crippen LogP contribution in [0.3, 0.4) is 0 Å². The van der Waals surface area contributed by atoms with Gasteiger partial charge < -0.3 is 15.5 Å². The highest BCUT2D eigenvalue weighted by molar-refractivity contribution is 5.54. The molecular weight excluding hydrogens is 258 g/mol. The minimum atomic E-state index is 0.233. The highest BCUT2D eigenvalue weighted by atomic mass is 15.1. The van der Waals surface area contributed by atoms with Crippen LogP contribution >= 0.6 is 0 Å². The average Bonchev–Trinajstić information content (AvgIpc) is 2.39. The summed E-state index contributed by atoms with van der Waals surface area (Å²) in [5.41, 5.74) is 10.0. The molecule has 21 heavy (non-hydrogen) atoms. The van der Waals surface area contributed by atoms with Gasteiger partial charge in [-0.05, 0) is 70.3 Å². The first kappa shape index (κ1) is 16.3. The first-order valence-electron chi connectivity index (χ1n) is 8.20. The predicted octanol–water partition coefficient (Wildman–Crippen LogP) is 2.66. The summed E-state index contributed by atoms with van der Waals surface area (Å²) in [5, 5.41) is 0. The Morgan fingerprint density at radius 2 is 1.95 bits per heavy atom. The SMILES string of the molecule is Cc1cc(CC(C)N)ccc1N1CCC(CN(C)C)CC1. The summed E-state index contributed by atoms with van der Waals surface area (Å²) in [5.74, 6) is 0.855. The molecule has 1 heterocycles. The van der Waals surface area contributed by atoms with E-state index in [1.807, 2.05) is 0 Å². The number of rotatable bonds is 5. The molecule has 0 saturated carbocycles. The van der Waals surface area contributed by atoms with Gasteiger partial charge in [0.2, 0.25) is 0 Å². The molecule has 1 fully saturated rings. The Kier molecular flexibility index (Phi) is 5.65. The van der Waals surface area contributed by atoms with Gasteiger partial charge >= 0.3 is 0 Å². The highest BCUT2D eigenvalue weighted by Crippen LogP contribution is 2.27. The van der Waals surface area contributed by atoms with Crippen LogP contribution in [0.4, 0.5) is 5.69 Å². The van der Waals surface area contributed by atoms with Crippen LogP contribution in [0.1, 0.15) is 30.9 Å². The second-order valence-electron chi connectivity index (χ2n) is 6.99. The van der Waals surface area contributed by atoms with Crippen LogP contribution in [0.5, 0.6) is 0 Å². The molecular formula is C18H31N3. The number of nitrogens with two attached hydrogens (primary N) is 1. The first-order valence-corrected chi connectivity index (χ1v) is 8.20. The van der Waals surface area contributed by atoms with Crippen molar-refractivity contribution < 1.29 is 0 Å². The first-order chi connectivity index (χ1) is 9.95. The maximum absolute atomic E-state index is 5.90. The molecule has 1 unspecified atom stereocenters. The lowest BCUT2D eigenvalue weighted by atomic mass is 9.95. The van der Waals surface area contributed by atoms with Crippen LogP contribution in [0.25, 0.3) is 0 Å². The lowest BCUT2D eigenvalue weighted by Crippen LogP contribution is -2.37. The van der Waals surface area contributed by atoms with Crippen molar-refractivity contribution in [2.24, 2.45) is 11.7 Å². The Balaban J connectivity index is 1.97. The molecule has 1 saturated heterocycles. The van der Waals surface area contributed by atoms with Crippen molar-refractivity contribution in [3.05, 3.63) is 29.3 Å². The van der Waals surface area contributed by atoms with E-state index in [1.165, 1.54) is 49.3 Å². The van der Waals surface area contributed by atoms with Crippen LogP contribution < -0.4 is 10.6 Å². The van der Waals surface area contributed by atoms with Crippen molar-refractivity contribution in [1.29, 1.82) is 0 Å². The van der Waals surface area contributed by atoms with Crippen LogP contribution in [0.15, 0.2) is 18.2 Å². The summed E-state index contributed by atoms with van der Waals surface area (Å²) in [4.78, 5) is 4.87. The van der Waals surface area contributed by atoms with E-state index in [-0.39, 0.29) is 6.04 Å². The van der Waals surface area contributed by atoms with Crippen molar-refractivity contribution in [2.75, 3.05) is 38.6 Å². The van der Waals surface area contributed by atoms with E-state index < -0.39 is 0 Å². The van der Waals surface area contributed by atoms with Gasteiger partial charge in [-0.25, -0.2) is 0 Å². The van der Waals surface area contributed by atoms with Crippen LogP contribution in [0.2, 0.25) is 0 Å². The summed E-state index contributed by atoms with van der Waals surface area (Å²) in [7, 11) is 4.35. The molecule has 1 aliphatic heterocycles. The smallest absolute Gasteiger partial charge is 0.0396 e. The van der Waals surface area contributed by atoms with Crippen LogP contribution in [-0.2, 0) is 6.42 Å². The van der Waals surface area contributed by atoms with E-state index in [1.54, 1.807) is 0 Å². The monoisotopic (exact) mass is 289 g/mol. The highest BCUT2D eigenvalue weighted by Gasteiger charge is 2.20. The maximum atomic E-state index is 5.90. The van der Waals surface area contributed by atoms with Crippen LogP contribution in [0, 0.1) is 12.8 Å². The van der Waals surface area contributed by atoms with Crippen molar-refractivity contribution in [3.8, 4) is 0 Å². The second-order valence-corrected chi connectivity index (χ2v) is 6.99. The Hall–Kier alpha value is -1.06. The summed E-state index contributed by atoms with van der Waals surface area (Å²) >= 11 is 0. The van der Waals surface area contributed by atoms with Gasteiger partial charge in [-0.1, -0.05) is 12.1 Å². The molecule has 3 heteroatoms. The number of nitrogens with zero attached hydrogens (tertiary/aromatic N) is 2. The molecule has 1 aromatic carbocycles. The second kappa shape index (κ2) is 7.28.